The number of hydrogen-bond acceptors (Lipinski definition) is 5. The molecule has 1 aliphatic heterocycles. The van der Waals surface area contributed by atoms with Gasteiger partial charge in [-0.2, -0.15) is 5.26 Å². The highest BCUT2D eigenvalue weighted by Crippen LogP contribution is 2.40. The zero-order valence-electron chi connectivity index (χ0n) is 16.7. The van der Waals surface area contributed by atoms with Crippen molar-refractivity contribution < 1.29 is 14.3 Å². The number of ether oxygens (including phenoxy) is 2. The minimum absolute atomic E-state index is 0.0197. The first-order valence-electron chi connectivity index (χ1n) is 9.51. The molecule has 5 heteroatoms. The SMILES string of the molecule is COc1ccc(C)cc1C1(CNc2cc(C(C)=O)ccc2C#N)CCOCC1. The first-order valence-corrected chi connectivity index (χ1v) is 9.51. The Bertz CT molecular complexity index is 909. The van der Waals surface area contributed by atoms with Crippen molar-refractivity contribution in [1.82, 2.24) is 0 Å². The summed E-state index contributed by atoms with van der Waals surface area (Å²) in [5.41, 5.74) is 3.98. The van der Waals surface area contributed by atoms with Gasteiger partial charge in [0.15, 0.2) is 5.78 Å². The number of benzene rings is 2. The highest BCUT2D eigenvalue weighted by Gasteiger charge is 2.37. The fraction of sp³-hybridized carbons (Fsp3) is 0.391. The van der Waals surface area contributed by atoms with Gasteiger partial charge < -0.3 is 14.8 Å². The molecule has 0 amide bonds. The Morgan fingerprint density at radius 3 is 2.64 bits per heavy atom. The molecule has 1 heterocycles. The number of nitrogens with one attached hydrogen (secondary N) is 1. The van der Waals surface area contributed by atoms with Crippen LogP contribution < -0.4 is 10.1 Å². The fourth-order valence-electron chi connectivity index (χ4n) is 3.81. The lowest BCUT2D eigenvalue weighted by Gasteiger charge is -2.39. The third-order valence-electron chi connectivity index (χ3n) is 5.54. The Hall–Kier alpha value is -2.84. The van der Waals surface area contributed by atoms with Crippen LogP contribution in [0.1, 0.15) is 46.8 Å². The van der Waals surface area contributed by atoms with Crippen LogP contribution in [0.15, 0.2) is 36.4 Å². The van der Waals surface area contributed by atoms with E-state index < -0.39 is 0 Å². The average Bonchev–Trinajstić information content (AvgIpc) is 2.72. The first-order chi connectivity index (χ1) is 13.5. The normalized spacial score (nSPS) is 15.5. The van der Waals surface area contributed by atoms with Gasteiger partial charge in [0.1, 0.15) is 11.8 Å². The average molecular weight is 378 g/mol. The van der Waals surface area contributed by atoms with Gasteiger partial charge >= 0.3 is 0 Å². The number of aryl methyl sites for hydroxylation is 1. The molecule has 2 aromatic rings. The third-order valence-corrected chi connectivity index (χ3v) is 5.54. The lowest BCUT2D eigenvalue weighted by atomic mass is 9.73. The van der Waals surface area contributed by atoms with Gasteiger partial charge in [-0.05, 0) is 51.0 Å². The van der Waals surface area contributed by atoms with Crippen LogP contribution in [0.2, 0.25) is 0 Å². The van der Waals surface area contributed by atoms with Crippen molar-refractivity contribution in [3.05, 3.63) is 58.7 Å². The zero-order chi connectivity index (χ0) is 20.1. The van der Waals surface area contributed by atoms with E-state index in [1.807, 2.05) is 12.1 Å². The zero-order valence-corrected chi connectivity index (χ0v) is 16.7. The summed E-state index contributed by atoms with van der Waals surface area (Å²) in [6.45, 7) is 5.59. The molecule has 1 aliphatic rings. The Labute approximate surface area is 166 Å². The fourth-order valence-corrected chi connectivity index (χ4v) is 3.81. The summed E-state index contributed by atoms with van der Waals surface area (Å²) in [6.07, 6.45) is 1.71. The Morgan fingerprint density at radius 1 is 1.25 bits per heavy atom. The van der Waals surface area contributed by atoms with Gasteiger partial charge in [0.2, 0.25) is 0 Å². The molecule has 0 unspecified atom stereocenters. The van der Waals surface area contributed by atoms with E-state index in [0.29, 0.717) is 36.6 Å². The number of Topliss-reactive ketones (excluding diaryl/α,β-unsaturated/α-hetero) is 1. The highest BCUT2D eigenvalue weighted by molar-refractivity contribution is 5.95. The van der Waals surface area contributed by atoms with Crippen LogP contribution in [0.4, 0.5) is 5.69 Å². The quantitative estimate of drug-likeness (QED) is 0.762. The second-order valence-electron chi connectivity index (χ2n) is 7.38. The minimum Gasteiger partial charge on any atom is -0.496 e. The molecule has 0 atom stereocenters. The summed E-state index contributed by atoms with van der Waals surface area (Å²) in [6, 6.07) is 13.6. The van der Waals surface area contributed by atoms with Crippen LogP contribution in [-0.4, -0.2) is 32.7 Å². The minimum atomic E-state index is -0.172. The molecule has 1 N–H and O–H groups in total. The molecule has 1 saturated heterocycles. The molecule has 28 heavy (non-hydrogen) atoms. The van der Waals surface area contributed by atoms with Crippen molar-refractivity contribution in [2.45, 2.75) is 32.1 Å². The van der Waals surface area contributed by atoms with Gasteiger partial charge in [-0.1, -0.05) is 17.7 Å². The number of carbonyl (C=O) groups excluding carboxylic acids is 1. The smallest absolute Gasteiger partial charge is 0.159 e. The maximum Gasteiger partial charge on any atom is 0.159 e. The topological polar surface area (TPSA) is 71.3 Å². The van der Waals surface area contributed by atoms with E-state index in [1.54, 1.807) is 25.3 Å². The van der Waals surface area contributed by atoms with Crippen molar-refractivity contribution in [2.24, 2.45) is 0 Å². The van der Waals surface area contributed by atoms with Crippen molar-refractivity contribution in [2.75, 3.05) is 32.2 Å². The molecular formula is C23H26N2O3. The molecule has 0 aromatic heterocycles. The third kappa shape index (κ3) is 4.02. The van der Waals surface area contributed by atoms with Gasteiger partial charge in [-0.3, -0.25) is 4.79 Å². The van der Waals surface area contributed by atoms with Crippen LogP contribution in [0.3, 0.4) is 0 Å². The first kappa shape index (κ1) is 19.9. The molecule has 0 bridgehead atoms. The highest BCUT2D eigenvalue weighted by atomic mass is 16.5. The number of methoxy groups -OCH3 is 1. The van der Waals surface area contributed by atoms with E-state index in [4.69, 9.17) is 9.47 Å². The van der Waals surface area contributed by atoms with Crippen molar-refractivity contribution >= 4 is 11.5 Å². The van der Waals surface area contributed by atoms with Gasteiger partial charge in [-0.25, -0.2) is 0 Å². The maximum atomic E-state index is 11.8. The number of nitriles is 1. The summed E-state index contributed by atoms with van der Waals surface area (Å²) < 4.78 is 11.3. The van der Waals surface area contributed by atoms with Crippen molar-refractivity contribution in [3.63, 3.8) is 0 Å². The lowest BCUT2D eigenvalue weighted by molar-refractivity contribution is 0.0535. The van der Waals surface area contributed by atoms with Crippen LogP contribution in [0, 0.1) is 18.3 Å². The van der Waals surface area contributed by atoms with Crippen molar-refractivity contribution in [1.29, 1.82) is 5.26 Å². The monoisotopic (exact) mass is 378 g/mol. The molecule has 2 aromatic carbocycles. The summed E-state index contributed by atoms with van der Waals surface area (Å²) in [5.74, 6) is 0.848. The number of rotatable bonds is 6. The molecule has 0 radical (unpaired) electrons. The number of nitrogens with zero attached hydrogens (tertiary/aromatic N) is 1. The van der Waals surface area contributed by atoms with Crippen LogP contribution in [0.5, 0.6) is 5.75 Å². The second kappa shape index (κ2) is 8.45. The molecule has 0 saturated carbocycles. The largest absolute Gasteiger partial charge is 0.496 e. The van der Waals surface area contributed by atoms with E-state index in [2.05, 4.69) is 24.4 Å². The Morgan fingerprint density at radius 2 is 2.00 bits per heavy atom. The molecular weight excluding hydrogens is 352 g/mol. The maximum absolute atomic E-state index is 11.8. The molecule has 0 spiro atoms. The molecule has 146 valence electrons. The summed E-state index contributed by atoms with van der Waals surface area (Å²) >= 11 is 0. The van der Waals surface area contributed by atoms with E-state index in [1.165, 1.54) is 12.5 Å². The number of carbonyl (C=O) groups is 1. The summed E-state index contributed by atoms with van der Waals surface area (Å²) in [4.78, 5) is 11.8. The Kier molecular flexibility index (Phi) is 6.01. The predicted octanol–water partition coefficient (Wildman–Crippen LogP) is 4.24. The van der Waals surface area contributed by atoms with E-state index >= 15 is 0 Å². The van der Waals surface area contributed by atoms with Gasteiger partial charge in [0, 0.05) is 36.3 Å². The summed E-state index contributed by atoms with van der Waals surface area (Å²) in [5, 5.41) is 12.9. The number of ketones is 1. The van der Waals surface area contributed by atoms with E-state index in [-0.39, 0.29) is 11.2 Å². The lowest BCUT2D eigenvalue weighted by Crippen LogP contribution is -2.40. The molecule has 1 fully saturated rings. The molecule has 0 aliphatic carbocycles. The van der Waals surface area contributed by atoms with Crippen LogP contribution in [0.25, 0.3) is 0 Å². The van der Waals surface area contributed by atoms with Crippen LogP contribution >= 0.6 is 0 Å². The second-order valence-corrected chi connectivity index (χ2v) is 7.38. The molecule has 3 rings (SSSR count). The molecule has 5 nitrogen and oxygen atoms in total. The van der Waals surface area contributed by atoms with Gasteiger partial charge in [-0.15, -0.1) is 0 Å². The van der Waals surface area contributed by atoms with E-state index in [9.17, 15) is 10.1 Å². The number of anilines is 1. The standard InChI is InChI=1S/C23H26N2O3/c1-16-4-7-22(27-3)20(12-16)23(8-10-28-11-9-23)15-25-21-13-18(17(2)26)5-6-19(21)14-24/h4-7,12-13,25H,8-11,15H2,1-3H3. The Balaban J connectivity index is 1.97. The van der Waals surface area contributed by atoms with Gasteiger partial charge in [0.05, 0.1) is 18.4 Å². The summed E-state index contributed by atoms with van der Waals surface area (Å²) in [7, 11) is 1.69. The van der Waals surface area contributed by atoms with Crippen molar-refractivity contribution in [3.8, 4) is 11.8 Å². The predicted molar refractivity (Wildman–Crippen MR) is 109 cm³/mol. The van der Waals surface area contributed by atoms with Gasteiger partial charge in [0.25, 0.3) is 0 Å². The van der Waals surface area contributed by atoms with E-state index in [0.717, 1.165) is 24.2 Å². The van der Waals surface area contributed by atoms with Crippen LogP contribution in [-0.2, 0) is 10.2 Å². The number of hydrogen-bond donors (Lipinski definition) is 1.